The van der Waals surface area contributed by atoms with Gasteiger partial charge >= 0.3 is 0 Å². The third-order valence-corrected chi connectivity index (χ3v) is 4.86. The number of benzene rings is 2. The second-order valence-corrected chi connectivity index (χ2v) is 6.95. The van der Waals surface area contributed by atoms with E-state index in [9.17, 15) is 14.0 Å². The van der Waals surface area contributed by atoms with E-state index < -0.39 is 11.7 Å². The summed E-state index contributed by atoms with van der Waals surface area (Å²) in [6, 6.07) is 14.6. The van der Waals surface area contributed by atoms with E-state index in [1.54, 1.807) is 36.5 Å². The number of aromatic amines is 1. The molecule has 33 heavy (non-hydrogen) atoms. The summed E-state index contributed by atoms with van der Waals surface area (Å²) in [5.74, 6) is -1.31. The first-order valence-electron chi connectivity index (χ1n) is 9.89. The van der Waals surface area contributed by atoms with Crippen molar-refractivity contribution in [3.63, 3.8) is 0 Å². The van der Waals surface area contributed by atoms with Crippen molar-refractivity contribution in [2.45, 2.75) is 0 Å². The molecule has 0 aliphatic heterocycles. The third-order valence-electron chi connectivity index (χ3n) is 4.86. The molecule has 164 valence electrons. The lowest BCUT2D eigenvalue weighted by Gasteiger charge is -2.10. The van der Waals surface area contributed by atoms with Crippen LogP contribution < -0.4 is 16.0 Å². The minimum absolute atomic E-state index is 0.0663. The number of H-pyrrole nitrogens is 1. The monoisotopic (exact) mass is 443 g/mol. The van der Waals surface area contributed by atoms with Gasteiger partial charge in [-0.3, -0.25) is 9.59 Å². The van der Waals surface area contributed by atoms with Gasteiger partial charge in [-0.05, 0) is 36.4 Å². The molecule has 0 atom stereocenters. The normalized spacial score (nSPS) is 10.5. The first-order chi connectivity index (χ1) is 16.0. The van der Waals surface area contributed by atoms with E-state index in [0.717, 1.165) is 10.9 Å². The number of hydrogen-bond acceptors (Lipinski definition) is 6. The van der Waals surface area contributed by atoms with E-state index in [0.29, 0.717) is 22.6 Å². The van der Waals surface area contributed by atoms with E-state index in [2.05, 4.69) is 30.9 Å². The predicted molar refractivity (Wildman–Crippen MR) is 120 cm³/mol. The largest absolute Gasteiger partial charge is 0.355 e. The van der Waals surface area contributed by atoms with Crippen LogP contribution in [0, 0.1) is 17.1 Å². The molecule has 0 spiro atoms. The van der Waals surface area contributed by atoms with Crippen molar-refractivity contribution in [2.24, 2.45) is 0 Å². The van der Waals surface area contributed by atoms with Gasteiger partial charge in [-0.1, -0.05) is 12.1 Å². The third kappa shape index (κ3) is 4.47. The van der Waals surface area contributed by atoms with Crippen LogP contribution >= 0.6 is 0 Å². The summed E-state index contributed by atoms with van der Waals surface area (Å²) >= 11 is 0. The SMILES string of the molecule is CNC(=O)c1ccc(Nc2nc(-c3ccc(C(=O)NCC#N)cc3)c3cc[nH]c3n2)cc1F. The average Bonchev–Trinajstić information content (AvgIpc) is 3.30. The highest BCUT2D eigenvalue weighted by atomic mass is 19.1. The van der Waals surface area contributed by atoms with Crippen LogP contribution in [0.3, 0.4) is 0 Å². The molecule has 2 heterocycles. The number of nitriles is 1. The number of fused-ring (bicyclic) bond motifs is 1. The Labute approximate surface area is 187 Å². The number of carbonyl (C=O) groups is 2. The number of hydrogen-bond donors (Lipinski definition) is 4. The van der Waals surface area contributed by atoms with Gasteiger partial charge in [0.15, 0.2) is 0 Å². The number of carbonyl (C=O) groups excluding carboxylic acids is 2. The summed E-state index contributed by atoms with van der Waals surface area (Å²) in [6.07, 6.45) is 1.73. The molecule has 0 saturated carbocycles. The molecule has 0 bridgehead atoms. The summed E-state index contributed by atoms with van der Waals surface area (Å²) in [4.78, 5) is 35.8. The summed E-state index contributed by atoms with van der Waals surface area (Å²) in [5, 5.41) is 17.2. The second-order valence-electron chi connectivity index (χ2n) is 6.95. The van der Waals surface area contributed by atoms with E-state index in [4.69, 9.17) is 5.26 Å². The number of amides is 2. The Morgan fingerprint density at radius 3 is 2.58 bits per heavy atom. The van der Waals surface area contributed by atoms with Crippen LogP contribution in [0.25, 0.3) is 22.3 Å². The molecule has 4 N–H and O–H groups in total. The standard InChI is InChI=1S/C23H18FN7O2/c1-26-22(33)16-7-6-15(12-18(16)24)29-23-30-19(17-8-10-27-20(17)31-23)13-2-4-14(5-3-13)21(32)28-11-9-25/h2-8,10,12H,11H2,1H3,(H,26,33)(H,28,32)(H2,27,29,30,31). The Morgan fingerprint density at radius 1 is 1.09 bits per heavy atom. The lowest BCUT2D eigenvalue weighted by Crippen LogP contribution is -2.23. The molecule has 2 amide bonds. The maximum atomic E-state index is 14.3. The fourth-order valence-corrected chi connectivity index (χ4v) is 3.26. The molecule has 4 rings (SSSR count). The number of anilines is 2. The van der Waals surface area contributed by atoms with Gasteiger partial charge in [-0.2, -0.15) is 10.2 Å². The fourth-order valence-electron chi connectivity index (χ4n) is 3.26. The van der Waals surface area contributed by atoms with Crippen molar-refractivity contribution in [2.75, 3.05) is 18.9 Å². The summed E-state index contributed by atoms with van der Waals surface area (Å²) in [7, 11) is 1.43. The molecule has 0 aliphatic rings. The molecule has 0 aliphatic carbocycles. The van der Waals surface area contributed by atoms with E-state index in [1.807, 2.05) is 12.1 Å². The molecular formula is C23H18FN7O2. The van der Waals surface area contributed by atoms with Crippen LogP contribution in [0.2, 0.25) is 0 Å². The van der Waals surface area contributed by atoms with Crippen molar-refractivity contribution in [1.29, 1.82) is 5.26 Å². The van der Waals surface area contributed by atoms with Gasteiger partial charge in [-0.15, -0.1) is 0 Å². The smallest absolute Gasteiger partial charge is 0.253 e. The Bertz CT molecular complexity index is 1390. The molecule has 0 radical (unpaired) electrons. The minimum atomic E-state index is -0.675. The Hall–Kier alpha value is -4.78. The molecule has 10 heteroatoms. The van der Waals surface area contributed by atoms with E-state index >= 15 is 0 Å². The highest BCUT2D eigenvalue weighted by Crippen LogP contribution is 2.28. The Balaban J connectivity index is 1.65. The zero-order valence-electron chi connectivity index (χ0n) is 17.4. The van der Waals surface area contributed by atoms with Crippen molar-refractivity contribution in [3.05, 3.63) is 71.7 Å². The number of aromatic nitrogens is 3. The van der Waals surface area contributed by atoms with Crippen molar-refractivity contribution < 1.29 is 14.0 Å². The number of nitrogens with zero attached hydrogens (tertiary/aromatic N) is 3. The molecule has 9 nitrogen and oxygen atoms in total. The lowest BCUT2D eigenvalue weighted by atomic mass is 10.1. The molecule has 4 aromatic rings. The highest BCUT2D eigenvalue weighted by Gasteiger charge is 2.14. The number of halogens is 1. The molecule has 0 saturated heterocycles. The summed E-state index contributed by atoms with van der Waals surface area (Å²) < 4.78 is 14.3. The first-order valence-corrected chi connectivity index (χ1v) is 9.89. The fraction of sp³-hybridized carbons (Fsp3) is 0.0870. The number of nitrogens with one attached hydrogen (secondary N) is 4. The first kappa shape index (κ1) is 21.5. The van der Waals surface area contributed by atoms with Gasteiger partial charge in [0.1, 0.15) is 18.0 Å². The highest BCUT2D eigenvalue weighted by molar-refractivity contribution is 5.96. The zero-order chi connectivity index (χ0) is 23.4. The molecule has 0 unspecified atom stereocenters. The maximum Gasteiger partial charge on any atom is 0.253 e. The van der Waals surface area contributed by atoms with Crippen LogP contribution in [-0.4, -0.2) is 40.4 Å². The summed E-state index contributed by atoms with van der Waals surface area (Å²) in [5.41, 5.74) is 2.64. The molecule has 2 aromatic heterocycles. The quantitative estimate of drug-likeness (QED) is 0.338. The van der Waals surface area contributed by atoms with Gasteiger partial charge in [0, 0.05) is 35.4 Å². The topological polar surface area (TPSA) is 136 Å². The van der Waals surface area contributed by atoms with Crippen LogP contribution in [0.4, 0.5) is 16.0 Å². The van der Waals surface area contributed by atoms with Gasteiger partial charge in [-0.25, -0.2) is 9.37 Å². The van der Waals surface area contributed by atoms with Crippen LogP contribution in [0.1, 0.15) is 20.7 Å². The van der Waals surface area contributed by atoms with E-state index in [-0.39, 0.29) is 24.0 Å². The lowest BCUT2D eigenvalue weighted by molar-refractivity contribution is 0.0950. The van der Waals surface area contributed by atoms with Gasteiger partial charge in [0.05, 0.1) is 17.3 Å². The van der Waals surface area contributed by atoms with Crippen molar-refractivity contribution >= 4 is 34.5 Å². The van der Waals surface area contributed by atoms with E-state index in [1.165, 1.54) is 19.2 Å². The zero-order valence-corrected chi connectivity index (χ0v) is 17.4. The number of rotatable bonds is 6. The van der Waals surface area contributed by atoms with Crippen molar-refractivity contribution in [1.82, 2.24) is 25.6 Å². The minimum Gasteiger partial charge on any atom is -0.355 e. The van der Waals surface area contributed by atoms with Crippen molar-refractivity contribution in [3.8, 4) is 17.3 Å². The Morgan fingerprint density at radius 2 is 1.88 bits per heavy atom. The summed E-state index contributed by atoms with van der Waals surface area (Å²) in [6.45, 7) is -0.0732. The maximum absolute atomic E-state index is 14.3. The Kier molecular flexibility index (Phi) is 5.95. The predicted octanol–water partition coefficient (Wildman–Crippen LogP) is 3.12. The molecular weight excluding hydrogens is 425 g/mol. The average molecular weight is 443 g/mol. The van der Waals surface area contributed by atoms with Crippen LogP contribution in [0.15, 0.2) is 54.7 Å². The van der Waals surface area contributed by atoms with Gasteiger partial charge in [0.25, 0.3) is 11.8 Å². The molecule has 0 fully saturated rings. The second kappa shape index (κ2) is 9.15. The molecule has 2 aromatic carbocycles. The van der Waals surface area contributed by atoms with Crippen LogP contribution in [0.5, 0.6) is 0 Å². The van der Waals surface area contributed by atoms with Gasteiger partial charge < -0.3 is 20.9 Å². The van der Waals surface area contributed by atoms with Crippen LogP contribution in [-0.2, 0) is 0 Å². The van der Waals surface area contributed by atoms with Gasteiger partial charge in [0.2, 0.25) is 5.95 Å².